The maximum atomic E-state index is 5.88. The SMILES string of the molecule is c1ccc(NC2=NOC3(C2)CN2CCC3CC2)cc1. The van der Waals surface area contributed by atoms with Crippen LogP contribution in [0.4, 0.5) is 5.69 Å². The topological polar surface area (TPSA) is 36.9 Å². The van der Waals surface area contributed by atoms with Crippen molar-refractivity contribution in [1.29, 1.82) is 0 Å². The average Bonchev–Trinajstić information content (AvgIpc) is 2.84. The number of nitrogens with zero attached hydrogens (tertiary/aromatic N) is 2. The minimum absolute atomic E-state index is 0.0480. The van der Waals surface area contributed by atoms with Crippen LogP contribution in [0.3, 0.4) is 0 Å². The maximum absolute atomic E-state index is 5.88. The number of fused-ring (bicyclic) bond motifs is 2. The van der Waals surface area contributed by atoms with Gasteiger partial charge in [0.25, 0.3) is 0 Å². The standard InChI is InChI=1S/C15H19N3O/c1-2-4-13(5-3-1)16-14-10-15(19-17-14)11-18-8-6-12(15)7-9-18/h1-5,12H,6-11H2,(H,16,17). The van der Waals surface area contributed by atoms with Crippen molar-refractivity contribution in [3.8, 4) is 0 Å². The van der Waals surface area contributed by atoms with E-state index in [9.17, 15) is 0 Å². The highest BCUT2D eigenvalue weighted by Gasteiger charge is 2.52. The molecule has 1 aromatic carbocycles. The summed E-state index contributed by atoms with van der Waals surface area (Å²) in [7, 11) is 0. The Hall–Kier alpha value is -1.55. The van der Waals surface area contributed by atoms with Gasteiger partial charge >= 0.3 is 0 Å². The van der Waals surface area contributed by atoms with E-state index >= 15 is 0 Å². The number of amidine groups is 1. The summed E-state index contributed by atoms with van der Waals surface area (Å²) in [6, 6.07) is 10.2. The molecule has 1 unspecified atom stereocenters. The molecule has 4 aliphatic heterocycles. The van der Waals surface area contributed by atoms with Gasteiger partial charge in [0.2, 0.25) is 0 Å². The number of rotatable bonds is 1. The normalized spacial score (nSPS) is 36.1. The lowest BCUT2D eigenvalue weighted by Crippen LogP contribution is -2.59. The van der Waals surface area contributed by atoms with Gasteiger partial charge in [0, 0.05) is 18.2 Å². The molecule has 1 aromatic rings. The lowest BCUT2D eigenvalue weighted by Gasteiger charge is -2.49. The Morgan fingerprint density at radius 3 is 2.68 bits per heavy atom. The highest BCUT2D eigenvalue weighted by Crippen LogP contribution is 2.43. The molecule has 0 aliphatic carbocycles. The van der Waals surface area contributed by atoms with E-state index in [-0.39, 0.29) is 5.60 Å². The number of hydrogen-bond donors (Lipinski definition) is 1. The van der Waals surface area contributed by atoms with E-state index in [1.807, 2.05) is 18.2 Å². The first-order chi connectivity index (χ1) is 9.34. The Morgan fingerprint density at radius 2 is 2.00 bits per heavy atom. The predicted molar refractivity (Wildman–Crippen MR) is 75.1 cm³/mol. The van der Waals surface area contributed by atoms with Crippen molar-refractivity contribution < 1.29 is 4.84 Å². The van der Waals surface area contributed by atoms with Gasteiger partial charge in [0.1, 0.15) is 0 Å². The molecule has 1 N–H and O–H groups in total. The van der Waals surface area contributed by atoms with E-state index in [0.717, 1.165) is 24.5 Å². The van der Waals surface area contributed by atoms with E-state index in [4.69, 9.17) is 4.84 Å². The molecule has 4 heteroatoms. The molecule has 5 rings (SSSR count). The zero-order chi connectivity index (χ0) is 12.7. The number of hydrogen-bond acceptors (Lipinski definition) is 4. The van der Waals surface area contributed by atoms with Crippen LogP contribution in [0.1, 0.15) is 19.3 Å². The molecule has 0 amide bonds. The van der Waals surface area contributed by atoms with E-state index < -0.39 is 0 Å². The number of anilines is 1. The van der Waals surface area contributed by atoms with Crippen LogP contribution in [0.25, 0.3) is 0 Å². The summed E-state index contributed by atoms with van der Waals surface area (Å²) < 4.78 is 0. The number of benzene rings is 1. The van der Waals surface area contributed by atoms with Gasteiger partial charge in [-0.1, -0.05) is 23.4 Å². The molecule has 4 heterocycles. The lowest BCUT2D eigenvalue weighted by atomic mass is 9.73. The second-order valence-corrected chi connectivity index (χ2v) is 5.91. The Balaban J connectivity index is 1.48. The van der Waals surface area contributed by atoms with E-state index in [1.54, 1.807) is 0 Å². The first kappa shape index (κ1) is 11.3. The Labute approximate surface area is 113 Å². The monoisotopic (exact) mass is 257 g/mol. The zero-order valence-corrected chi connectivity index (χ0v) is 11.0. The number of para-hydroxylation sites is 1. The molecule has 3 fully saturated rings. The highest BCUT2D eigenvalue weighted by atomic mass is 16.7. The van der Waals surface area contributed by atoms with Crippen molar-refractivity contribution in [2.45, 2.75) is 24.9 Å². The van der Waals surface area contributed by atoms with E-state index in [2.05, 4.69) is 27.5 Å². The van der Waals surface area contributed by atoms with Gasteiger partial charge in [-0.15, -0.1) is 0 Å². The molecule has 3 saturated heterocycles. The number of piperidine rings is 3. The second kappa shape index (κ2) is 4.23. The molecule has 2 bridgehead atoms. The van der Waals surface area contributed by atoms with Crippen LogP contribution in [0.5, 0.6) is 0 Å². The third kappa shape index (κ3) is 1.91. The van der Waals surface area contributed by atoms with Crippen molar-refractivity contribution >= 4 is 11.5 Å². The molecule has 4 aliphatic rings. The summed E-state index contributed by atoms with van der Waals surface area (Å²) >= 11 is 0. The van der Waals surface area contributed by atoms with Gasteiger partial charge in [-0.3, -0.25) is 4.90 Å². The van der Waals surface area contributed by atoms with Crippen LogP contribution in [0.2, 0.25) is 0 Å². The smallest absolute Gasteiger partial charge is 0.160 e. The van der Waals surface area contributed by atoms with Crippen molar-refractivity contribution in [3.63, 3.8) is 0 Å². The summed E-state index contributed by atoms with van der Waals surface area (Å²) in [6.45, 7) is 3.51. The van der Waals surface area contributed by atoms with Crippen LogP contribution in [-0.4, -0.2) is 36.0 Å². The molecule has 4 nitrogen and oxygen atoms in total. The van der Waals surface area contributed by atoms with Crippen LogP contribution in [0.15, 0.2) is 35.5 Å². The van der Waals surface area contributed by atoms with Crippen LogP contribution >= 0.6 is 0 Å². The molecule has 0 saturated carbocycles. The first-order valence-electron chi connectivity index (χ1n) is 7.14. The molecule has 19 heavy (non-hydrogen) atoms. The third-order valence-electron chi connectivity index (χ3n) is 4.69. The summed E-state index contributed by atoms with van der Waals surface area (Å²) in [4.78, 5) is 8.40. The predicted octanol–water partition coefficient (Wildman–Crippen LogP) is 2.30. The largest absolute Gasteiger partial charge is 0.386 e. The first-order valence-corrected chi connectivity index (χ1v) is 7.14. The minimum atomic E-state index is -0.0480. The van der Waals surface area contributed by atoms with Gasteiger partial charge in [-0.05, 0) is 38.1 Å². The van der Waals surface area contributed by atoms with Gasteiger partial charge in [0.05, 0.1) is 6.42 Å². The molecule has 1 spiro atoms. The minimum Gasteiger partial charge on any atom is -0.386 e. The summed E-state index contributed by atoms with van der Waals surface area (Å²) in [5.74, 6) is 1.65. The Bertz CT molecular complexity index is 493. The van der Waals surface area contributed by atoms with Crippen molar-refractivity contribution in [3.05, 3.63) is 30.3 Å². The second-order valence-electron chi connectivity index (χ2n) is 5.91. The number of nitrogens with one attached hydrogen (secondary N) is 1. The van der Waals surface area contributed by atoms with Crippen LogP contribution < -0.4 is 5.32 Å². The quantitative estimate of drug-likeness (QED) is 0.838. The van der Waals surface area contributed by atoms with Crippen LogP contribution in [-0.2, 0) is 4.84 Å². The van der Waals surface area contributed by atoms with Gasteiger partial charge in [-0.2, -0.15) is 0 Å². The van der Waals surface area contributed by atoms with Crippen molar-refractivity contribution in [2.24, 2.45) is 11.1 Å². The van der Waals surface area contributed by atoms with Crippen molar-refractivity contribution in [2.75, 3.05) is 25.0 Å². The molecular formula is C15H19N3O. The number of oxime groups is 1. The summed E-state index contributed by atoms with van der Waals surface area (Å²) in [5.41, 5.74) is 1.04. The van der Waals surface area contributed by atoms with Gasteiger partial charge in [-0.25, -0.2) is 0 Å². The summed E-state index contributed by atoms with van der Waals surface area (Å²) in [5, 5.41) is 7.68. The van der Waals surface area contributed by atoms with Gasteiger partial charge < -0.3 is 10.2 Å². The van der Waals surface area contributed by atoms with Gasteiger partial charge in [0.15, 0.2) is 11.4 Å². The fourth-order valence-electron chi connectivity index (χ4n) is 3.68. The van der Waals surface area contributed by atoms with E-state index in [1.165, 1.54) is 25.9 Å². The molecule has 100 valence electrons. The molecule has 1 atom stereocenters. The van der Waals surface area contributed by atoms with Crippen molar-refractivity contribution in [1.82, 2.24) is 4.90 Å². The molecule has 0 aromatic heterocycles. The maximum Gasteiger partial charge on any atom is 0.160 e. The Morgan fingerprint density at radius 1 is 1.21 bits per heavy atom. The summed E-state index contributed by atoms with van der Waals surface area (Å²) in [6.07, 6.45) is 3.44. The zero-order valence-electron chi connectivity index (χ0n) is 11.0. The molecule has 0 radical (unpaired) electrons. The fraction of sp³-hybridized carbons (Fsp3) is 0.533. The van der Waals surface area contributed by atoms with Crippen LogP contribution in [0, 0.1) is 5.92 Å². The lowest BCUT2D eigenvalue weighted by molar-refractivity contribution is -0.136. The third-order valence-corrected chi connectivity index (χ3v) is 4.69. The fourth-order valence-corrected chi connectivity index (χ4v) is 3.68. The average molecular weight is 257 g/mol. The highest BCUT2D eigenvalue weighted by molar-refractivity contribution is 5.96. The van der Waals surface area contributed by atoms with E-state index in [0.29, 0.717) is 5.92 Å². The Kier molecular flexibility index (Phi) is 2.52. The molecular weight excluding hydrogens is 238 g/mol.